The molecule has 2 rings (SSSR count). The van der Waals surface area contributed by atoms with Gasteiger partial charge in [0, 0.05) is 23.3 Å². The second kappa shape index (κ2) is 6.96. The summed E-state index contributed by atoms with van der Waals surface area (Å²) in [6.07, 6.45) is 0. The highest BCUT2D eigenvalue weighted by molar-refractivity contribution is 7.99. The topological polar surface area (TPSA) is 55.2 Å². The number of nitro benzene ring substituents is 1. The van der Waals surface area contributed by atoms with Gasteiger partial charge in [-0.05, 0) is 30.7 Å². The molecule has 0 aromatic heterocycles. The molecule has 0 saturated heterocycles. The minimum Gasteiger partial charge on any atom is -0.379 e. The summed E-state index contributed by atoms with van der Waals surface area (Å²) in [7, 11) is 0. The van der Waals surface area contributed by atoms with Crippen molar-refractivity contribution in [2.45, 2.75) is 11.8 Å². The predicted molar refractivity (Wildman–Crippen MR) is 83.5 cm³/mol. The number of hydrogen-bond acceptors (Lipinski definition) is 4. The molecule has 20 heavy (non-hydrogen) atoms. The van der Waals surface area contributed by atoms with Gasteiger partial charge in [0.15, 0.2) is 0 Å². The van der Waals surface area contributed by atoms with Gasteiger partial charge in [0.1, 0.15) is 5.69 Å². The van der Waals surface area contributed by atoms with Crippen LogP contribution in [-0.4, -0.2) is 17.2 Å². The molecule has 0 bridgehead atoms. The lowest BCUT2D eigenvalue weighted by molar-refractivity contribution is -0.384. The van der Waals surface area contributed by atoms with Gasteiger partial charge >= 0.3 is 0 Å². The van der Waals surface area contributed by atoms with Crippen LogP contribution in [0, 0.1) is 17.0 Å². The molecule has 0 aliphatic rings. The Balaban J connectivity index is 1.91. The zero-order valence-electron chi connectivity index (χ0n) is 11.2. The number of nitro groups is 1. The highest BCUT2D eigenvalue weighted by atomic mass is 32.2. The van der Waals surface area contributed by atoms with Crippen LogP contribution in [0.25, 0.3) is 0 Å². The first-order valence-electron chi connectivity index (χ1n) is 6.33. The van der Waals surface area contributed by atoms with Crippen molar-refractivity contribution in [3.8, 4) is 0 Å². The van der Waals surface area contributed by atoms with Gasteiger partial charge in [-0.15, -0.1) is 11.8 Å². The van der Waals surface area contributed by atoms with Gasteiger partial charge in [-0.2, -0.15) is 0 Å². The molecule has 0 amide bonds. The Labute approximate surface area is 122 Å². The van der Waals surface area contributed by atoms with Gasteiger partial charge in [0.25, 0.3) is 5.69 Å². The second-order valence-electron chi connectivity index (χ2n) is 4.37. The Morgan fingerprint density at radius 2 is 1.95 bits per heavy atom. The van der Waals surface area contributed by atoms with Gasteiger partial charge in [0.2, 0.25) is 0 Å². The average Bonchev–Trinajstić information content (AvgIpc) is 2.44. The Bertz CT molecular complexity index is 588. The molecule has 0 aliphatic carbocycles. The molecule has 0 unspecified atom stereocenters. The monoisotopic (exact) mass is 288 g/mol. The first-order valence-corrected chi connectivity index (χ1v) is 7.32. The molecule has 5 heteroatoms. The van der Waals surface area contributed by atoms with Crippen molar-refractivity contribution >= 4 is 23.1 Å². The van der Waals surface area contributed by atoms with E-state index in [1.54, 1.807) is 23.9 Å². The number of benzene rings is 2. The first kappa shape index (κ1) is 14.4. The van der Waals surface area contributed by atoms with Gasteiger partial charge in [-0.1, -0.05) is 24.3 Å². The second-order valence-corrected chi connectivity index (χ2v) is 5.53. The van der Waals surface area contributed by atoms with Crippen molar-refractivity contribution in [2.75, 3.05) is 17.6 Å². The van der Waals surface area contributed by atoms with E-state index in [-0.39, 0.29) is 10.6 Å². The van der Waals surface area contributed by atoms with E-state index in [0.717, 1.165) is 11.3 Å². The third-order valence-corrected chi connectivity index (χ3v) is 3.79. The zero-order valence-corrected chi connectivity index (χ0v) is 12.0. The molecule has 1 N–H and O–H groups in total. The summed E-state index contributed by atoms with van der Waals surface area (Å²) in [6, 6.07) is 15.2. The summed E-state index contributed by atoms with van der Waals surface area (Å²) in [5.41, 5.74) is 1.72. The number of anilines is 1. The quantitative estimate of drug-likeness (QED) is 0.376. The Morgan fingerprint density at radius 3 is 2.65 bits per heavy atom. The maximum absolute atomic E-state index is 10.9. The van der Waals surface area contributed by atoms with Crippen LogP contribution in [0.15, 0.2) is 53.4 Å². The van der Waals surface area contributed by atoms with E-state index in [2.05, 4.69) is 17.4 Å². The van der Waals surface area contributed by atoms with Crippen LogP contribution in [0.4, 0.5) is 11.4 Å². The third-order valence-electron chi connectivity index (χ3n) is 2.78. The van der Waals surface area contributed by atoms with E-state index in [4.69, 9.17) is 0 Å². The molecule has 4 nitrogen and oxygen atoms in total. The summed E-state index contributed by atoms with van der Waals surface area (Å²) in [4.78, 5) is 11.8. The summed E-state index contributed by atoms with van der Waals surface area (Å²) >= 11 is 1.73. The molecule has 2 aromatic rings. The van der Waals surface area contributed by atoms with Gasteiger partial charge < -0.3 is 5.32 Å². The van der Waals surface area contributed by atoms with Gasteiger partial charge in [-0.3, -0.25) is 10.1 Å². The normalized spacial score (nSPS) is 10.2. The SMILES string of the molecule is Cc1ccc([N+](=O)[O-])c(NCCSc2ccccc2)c1. The molecule has 0 radical (unpaired) electrons. The molecular formula is C15H16N2O2S. The molecule has 0 spiro atoms. The summed E-state index contributed by atoms with van der Waals surface area (Å²) in [6.45, 7) is 2.61. The van der Waals surface area contributed by atoms with Gasteiger partial charge in [0.05, 0.1) is 4.92 Å². The fraction of sp³-hybridized carbons (Fsp3) is 0.200. The van der Waals surface area contributed by atoms with Crippen LogP contribution >= 0.6 is 11.8 Å². The molecule has 0 aliphatic heterocycles. The molecule has 0 atom stereocenters. The number of thioether (sulfide) groups is 1. The summed E-state index contributed by atoms with van der Waals surface area (Å²) in [5, 5.41) is 14.1. The van der Waals surface area contributed by atoms with E-state index < -0.39 is 0 Å². The molecule has 0 saturated carbocycles. The van der Waals surface area contributed by atoms with Crippen LogP contribution in [0.5, 0.6) is 0 Å². The minimum atomic E-state index is -0.355. The Hall–Kier alpha value is -2.01. The van der Waals surface area contributed by atoms with E-state index >= 15 is 0 Å². The third kappa shape index (κ3) is 3.99. The molecular weight excluding hydrogens is 272 g/mol. The van der Waals surface area contributed by atoms with Crippen LogP contribution in [-0.2, 0) is 0 Å². The van der Waals surface area contributed by atoms with E-state index in [1.165, 1.54) is 4.90 Å². The highest BCUT2D eigenvalue weighted by Gasteiger charge is 2.12. The molecule has 2 aromatic carbocycles. The standard InChI is InChI=1S/C15H16N2O2S/c1-12-7-8-15(17(18)19)14(11-12)16-9-10-20-13-5-3-2-4-6-13/h2-8,11,16H,9-10H2,1H3. The molecule has 104 valence electrons. The van der Waals surface area contributed by atoms with E-state index in [0.29, 0.717) is 12.2 Å². The largest absolute Gasteiger partial charge is 0.379 e. The van der Waals surface area contributed by atoms with Crippen molar-refractivity contribution < 1.29 is 4.92 Å². The van der Waals surface area contributed by atoms with Crippen LogP contribution < -0.4 is 5.32 Å². The first-order chi connectivity index (χ1) is 9.66. The summed E-state index contributed by atoms with van der Waals surface area (Å²) in [5.74, 6) is 0.856. The Kier molecular flexibility index (Phi) is 5.01. The Morgan fingerprint density at radius 1 is 1.20 bits per heavy atom. The minimum absolute atomic E-state index is 0.125. The predicted octanol–water partition coefficient (Wildman–Crippen LogP) is 4.11. The number of hydrogen-bond donors (Lipinski definition) is 1. The van der Waals surface area contributed by atoms with Crippen LogP contribution in [0.3, 0.4) is 0 Å². The van der Waals surface area contributed by atoms with Crippen molar-refractivity contribution in [1.82, 2.24) is 0 Å². The van der Waals surface area contributed by atoms with E-state index in [9.17, 15) is 10.1 Å². The van der Waals surface area contributed by atoms with Crippen molar-refractivity contribution in [1.29, 1.82) is 0 Å². The fourth-order valence-corrected chi connectivity index (χ4v) is 2.61. The number of nitrogens with zero attached hydrogens (tertiary/aromatic N) is 1. The lowest BCUT2D eigenvalue weighted by Crippen LogP contribution is -2.06. The molecule has 0 fully saturated rings. The fourth-order valence-electron chi connectivity index (χ4n) is 1.82. The van der Waals surface area contributed by atoms with E-state index in [1.807, 2.05) is 31.2 Å². The smallest absolute Gasteiger partial charge is 0.292 e. The number of rotatable bonds is 6. The van der Waals surface area contributed by atoms with Crippen molar-refractivity contribution in [3.05, 3.63) is 64.2 Å². The maximum atomic E-state index is 10.9. The number of nitrogens with one attached hydrogen (secondary N) is 1. The van der Waals surface area contributed by atoms with Crippen molar-refractivity contribution in [2.24, 2.45) is 0 Å². The lowest BCUT2D eigenvalue weighted by Gasteiger charge is -2.08. The molecule has 0 heterocycles. The highest BCUT2D eigenvalue weighted by Crippen LogP contribution is 2.25. The van der Waals surface area contributed by atoms with Gasteiger partial charge in [-0.25, -0.2) is 0 Å². The van der Waals surface area contributed by atoms with Crippen LogP contribution in [0.1, 0.15) is 5.56 Å². The maximum Gasteiger partial charge on any atom is 0.292 e. The van der Waals surface area contributed by atoms with Crippen molar-refractivity contribution in [3.63, 3.8) is 0 Å². The van der Waals surface area contributed by atoms with Crippen LogP contribution in [0.2, 0.25) is 0 Å². The summed E-state index contributed by atoms with van der Waals surface area (Å²) < 4.78 is 0. The number of aryl methyl sites for hydroxylation is 1. The zero-order chi connectivity index (χ0) is 14.4. The average molecular weight is 288 g/mol. The lowest BCUT2D eigenvalue weighted by atomic mass is 10.2.